The van der Waals surface area contributed by atoms with Gasteiger partial charge in [-0.3, -0.25) is 19.0 Å². The van der Waals surface area contributed by atoms with Gasteiger partial charge < -0.3 is 22.1 Å². The van der Waals surface area contributed by atoms with E-state index in [1.54, 1.807) is 19.2 Å². The highest BCUT2D eigenvalue weighted by Gasteiger charge is 2.31. The molecule has 1 aliphatic rings. The molecule has 200 valence electrons. The molecule has 3 aromatic heterocycles. The number of anilines is 2. The Morgan fingerprint density at radius 1 is 1.26 bits per heavy atom. The van der Waals surface area contributed by atoms with Gasteiger partial charge >= 0.3 is 0 Å². The van der Waals surface area contributed by atoms with Crippen LogP contribution in [0.4, 0.5) is 11.5 Å². The number of hydrogen-bond acceptors (Lipinski definition) is 8. The molecule has 1 unspecified atom stereocenters. The van der Waals surface area contributed by atoms with Crippen LogP contribution in [0.1, 0.15) is 35.7 Å². The first kappa shape index (κ1) is 27.5. The highest BCUT2D eigenvalue weighted by Crippen LogP contribution is 2.27. The van der Waals surface area contributed by atoms with Gasteiger partial charge in [0.2, 0.25) is 12.3 Å². The number of carbonyl (C=O) groups excluding carboxylic acids is 2. The third-order valence-electron chi connectivity index (χ3n) is 5.80. The predicted octanol–water partition coefficient (Wildman–Crippen LogP) is 2.55. The molecule has 1 aromatic carbocycles. The number of nitrogens with two attached hydrogens (primary N) is 2. The second-order valence-electron chi connectivity index (χ2n) is 8.54. The first-order valence-corrected chi connectivity index (χ1v) is 13.1. The van der Waals surface area contributed by atoms with E-state index in [2.05, 4.69) is 25.6 Å². The van der Waals surface area contributed by atoms with Crippen molar-refractivity contribution >= 4 is 68.3 Å². The van der Waals surface area contributed by atoms with Gasteiger partial charge in [-0.15, -0.1) is 11.3 Å². The fourth-order valence-electron chi connectivity index (χ4n) is 4.04. The molecular formula is C26H26N8O3S2. The number of thiocarbonyl (C=S) groups is 1. The third-order valence-corrected chi connectivity index (χ3v) is 6.99. The zero-order chi connectivity index (χ0) is 27.9. The number of amidine groups is 1. The van der Waals surface area contributed by atoms with Crippen molar-refractivity contribution in [1.29, 1.82) is 0 Å². The number of carbonyl (C=O) groups is 2. The summed E-state index contributed by atoms with van der Waals surface area (Å²) in [4.78, 5) is 49.5. The summed E-state index contributed by atoms with van der Waals surface area (Å²) in [7, 11) is 0. The van der Waals surface area contributed by atoms with E-state index in [1.807, 2.05) is 36.4 Å². The smallest absolute Gasteiger partial charge is 0.278 e. The van der Waals surface area contributed by atoms with Crippen LogP contribution in [-0.4, -0.2) is 37.7 Å². The minimum absolute atomic E-state index is 0.0584. The van der Waals surface area contributed by atoms with Crippen molar-refractivity contribution in [2.75, 3.05) is 11.1 Å². The topological polar surface area (TPSA) is 170 Å². The lowest BCUT2D eigenvalue weighted by Gasteiger charge is -2.14. The average molecular weight is 563 g/mol. The number of pyridine rings is 1. The maximum Gasteiger partial charge on any atom is 0.278 e. The van der Waals surface area contributed by atoms with Crippen LogP contribution >= 0.6 is 23.6 Å². The Bertz CT molecular complexity index is 1610. The summed E-state index contributed by atoms with van der Waals surface area (Å²) >= 11 is 6.33. The number of nitrogens with zero attached hydrogens (tertiary/aromatic N) is 4. The molecular weight excluding hydrogens is 536 g/mol. The number of rotatable bonds is 6. The van der Waals surface area contributed by atoms with E-state index >= 15 is 0 Å². The maximum atomic E-state index is 12.7. The number of amides is 2. The van der Waals surface area contributed by atoms with E-state index in [4.69, 9.17) is 23.7 Å². The number of thiophene rings is 1. The lowest BCUT2D eigenvalue weighted by Crippen LogP contribution is -2.36. The number of hydrogen-bond donors (Lipinski definition) is 4. The van der Waals surface area contributed by atoms with Gasteiger partial charge in [-0.2, -0.15) is 0 Å². The van der Waals surface area contributed by atoms with Gasteiger partial charge in [-0.05, 0) is 25.5 Å². The highest BCUT2D eigenvalue weighted by atomic mass is 32.1. The molecule has 0 aliphatic carbocycles. The Morgan fingerprint density at radius 2 is 2.03 bits per heavy atom. The Kier molecular flexibility index (Phi) is 8.74. The Balaban J connectivity index is 0.000000247. The minimum Gasteiger partial charge on any atom is -0.384 e. The largest absolute Gasteiger partial charge is 0.384 e. The molecule has 1 aliphatic heterocycles. The lowest BCUT2D eigenvalue weighted by atomic mass is 10.2. The number of fused-ring (bicyclic) bond motifs is 2. The summed E-state index contributed by atoms with van der Waals surface area (Å²) < 4.78 is 2.36. The molecule has 11 nitrogen and oxygen atoms in total. The predicted molar refractivity (Wildman–Crippen MR) is 157 cm³/mol. The zero-order valence-electron chi connectivity index (χ0n) is 21.0. The van der Waals surface area contributed by atoms with Crippen molar-refractivity contribution in [1.82, 2.24) is 19.9 Å². The fraction of sp³-hybridized carbons (Fsp3) is 0.192. The Hall–Kier alpha value is -4.49. The summed E-state index contributed by atoms with van der Waals surface area (Å²) in [6.45, 7) is 2.09. The number of nitrogen functional groups attached to an aromatic ring is 1. The molecule has 5 rings (SSSR count). The summed E-state index contributed by atoms with van der Waals surface area (Å²) in [5, 5.41) is 6.17. The van der Waals surface area contributed by atoms with Crippen molar-refractivity contribution in [3.63, 3.8) is 0 Å². The quantitative estimate of drug-likeness (QED) is 0.120. The SMILES string of the molecule is CC(=S)N=C(N)c1ccccc1.Nc1cc2sc(CNC(=O)C3CCc4ncc(NC=O)c(=O)n43)cc2cn1. The van der Waals surface area contributed by atoms with Gasteiger partial charge in [-0.25, -0.2) is 15.0 Å². The summed E-state index contributed by atoms with van der Waals surface area (Å²) in [6.07, 6.45) is 4.46. The van der Waals surface area contributed by atoms with E-state index in [9.17, 15) is 14.4 Å². The Labute approximate surface area is 233 Å². The molecule has 2 amide bonds. The second kappa shape index (κ2) is 12.4. The zero-order valence-corrected chi connectivity index (χ0v) is 22.6. The van der Waals surface area contributed by atoms with Gasteiger partial charge in [0, 0.05) is 33.1 Å². The molecule has 0 fully saturated rings. The molecule has 13 heteroatoms. The molecule has 1 atom stereocenters. The van der Waals surface area contributed by atoms with Crippen molar-refractivity contribution in [2.24, 2.45) is 10.7 Å². The van der Waals surface area contributed by atoms with Crippen LogP contribution in [0.5, 0.6) is 0 Å². The van der Waals surface area contributed by atoms with E-state index in [0.29, 0.717) is 48.3 Å². The van der Waals surface area contributed by atoms with E-state index in [1.165, 1.54) is 22.1 Å². The third kappa shape index (κ3) is 6.69. The molecule has 0 spiro atoms. The molecule has 0 radical (unpaired) electrons. The van der Waals surface area contributed by atoms with Crippen LogP contribution in [-0.2, 0) is 22.6 Å². The van der Waals surface area contributed by atoms with Crippen LogP contribution in [0, 0.1) is 0 Å². The van der Waals surface area contributed by atoms with Crippen LogP contribution in [0.2, 0.25) is 0 Å². The number of benzene rings is 1. The van der Waals surface area contributed by atoms with Crippen LogP contribution in [0.3, 0.4) is 0 Å². The standard InChI is InChI=1S/C17H16N6O3S.C9H10N2S/c18-14-4-13-9(5-19-14)3-10(27-13)6-21-16(25)12-1-2-15-20-7-11(22-8-24)17(26)23(12)15;1-7(12)11-9(10)8-5-3-2-4-6-8/h3-5,7-8,12H,1-2,6H2,(H2,18,19)(H,21,25)(H,22,24);2-6H,1H3,(H2,10,11,12). The van der Waals surface area contributed by atoms with E-state index in [0.717, 1.165) is 20.5 Å². The maximum absolute atomic E-state index is 12.7. The number of aryl methyl sites for hydroxylation is 1. The molecule has 39 heavy (non-hydrogen) atoms. The molecule has 4 heterocycles. The number of aromatic nitrogens is 3. The van der Waals surface area contributed by atoms with Crippen LogP contribution in [0.15, 0.2) is 64.6 Å². The van der Waals surface area contributed by atoms with Crippen LogP contribution < -0.4 is 27.7 Å². The van der Waals surface area contributed by atoms with Crippen LogP contribution in [0.25, 0.3) is 10.1 Å². The Morgan fingerprint density at radius 3 is 2.74 bits per heavy atom. The molecule has 6 N–H and O–H groups in total. The van der Waals surface area contributed by atoms with Crippen molar-refractivity contribution < 1.29 is 9.59 Å². The highest BCUT2D eigenvalue weighted by molar-refractivity contribution is 7.80. The molecule has 0 bridgehead atoms. The average Bonchev–Trinajstić information content (AvgIpc) is 3.54. The monoisotopic (exact) mass is 562 g/mol. The lowest BCUT2D eigenvalue weighted by molar-refractivity contribution is -0.124. The van der Waals surface area contributed by atoms with E-state index < -0.39 is 11.6 Å². The summed E-state index contributed by atoms with van der Waals surface area (Å²) in [6, 6.07) is 12.7. The normalized spacial score (nSPS) is 14.2. The van der Waals surface area contributed by atoms with Crippen molar-refractivity contribution in [3.8, 4) is 0 Å². The summed E-state index contributed by atoms with van der Waals surface area (Å²) in [5.74, 6) is 1.22. The second-order valence-corrected chi connectivity index (χ2v) is 10.3. The summed E-state index contributed by atoms with van der Waals surface area (Å²) in [5.41, 5.74) is 11.9. The van der Waals surface area contributed by atoms with Crippen molar-refractivity contribution in [3.05, 3.63) is 81.5 Å². The molecule has 4 aromatic rings. The van der Waals surface area contributed by atoms with Gasteiger partial charge in [0.25, 0.3) is 5.56 Å². The number of nitrogens with one attached hydrogen (secondary N) is 2. The van der Waals surface area contributed by atoms with E-state index in [-0.39, 0.29) is 11.6 Å². The number of aliphatic imine (C=N–C) groups is 1. The fourth-order valence-corrected chi connectivity index (χ4v) is 5.16. The molecule has 0 saturated heterocycles. The van der Waals surface area contributed by atoms with Gasteiger partial charge in [0.15, 0.2) is 0 Å². The van der Waals surface area contributed by atoms with Gasteiger partial charge in [0.1, 0.15) is 34.2 Å². The van der Waals surface area contributed by atoms with Gasteiger partial charge in [0.05, 0.1) is 12.7 Å². The van der Waals surface area contributed by atoms with Crippen molar-refractivity contribution in [2.45, 2.75) is 32.4 Å². The first-order valence-electron chi connectivity index (χ1n) is 11.9. The minimum atomic E-state index is -0.639. The van der Waals surface area contributed by atoms with Gasteiger partial charge in [-0.1, -0.05) is 42.5 Å². The molecule has 0 saturated carbocycles. The first-order chi connectivity index (χ1) is 18.8.